The van der Waals surface area contributed by atoms with Crippen LogP contribution in [0.4, 0.5) is 5.69 Å². The fourth-order valence-corrected chi connectivity index (χ4v) is 1.46. The molecule has 17 heavy (non-hydrogen) atoms. The predicted octanol–water partition coefficient (Wildman–Crippen LogP) is 2.95. The van der Waals surface area contributed by atoms with Gasteiger partial charge in [-0.3, -0.25) is 0 Å². The summed E-state index contributed by atoms with van der Waals surface area (Å²) in [5, 5.41) is 6.66. The molecule has 92 valence electrons. The topological polar surface area (TPSA) is 33.3 Å². The van der Waals surface area contributed by atoms with E-state index in [1.54, 1.807) is 6.08 Å². The number of hydrogen-bond acceptors (Lipinski definition) is 2. The van der Waals surface area contributed by atoms with Gasteiger partial charge in [0.1, 0.15) is 5.75 Å². The van der Waals surface area contributed by atoms with Crippen molar-refractivity contribution in [3.8, 4) is 5.75 Å². The van der Waals surface area contributed by atoms with E-state index in [4.69, 9.17) is 17.0 Å². The third-order valence-electron chi connectivity index (χ3n) is 1.87. The number of ether oxygens (including phenoxy) is 1. The second-order valence-corrected chi connectivity index (χ2v) is 4.23. The van der Waals surface area contributed by atoms with Crippen LogP contribution in [0.25, 0.3) is 0 Å². The molecule has 0 saturated carbocycles. The van der Waals surface area contributed by atoms with E-state index in [-0.39, 0.29) is 6.10 Å². The van der Waals surface area contributed by atoms with Gasteiger partial charge in [-0.15, -0.1) is 6.58 Å². The van der Waals surface area contributed by atoms with Crippen LogP contribution in [-0.2, 0) is 0 Å². The van der Waals surface area contributed by atoms with Gasteiger partial charge in [0.2, 0.25) is 0 Å². The summed E-state index contributed by atoms with van der Waals surface area (Å²) < 4.78 is 5.60. The minimum absolute atomic E-state index is 0.163. The molecule has 0 saturated heterocycles. The van der Waals surface area contributed by atoms with E-state index < -0.39 is 0 Å². The first-order chi connectivity index (χ1) is 8.11. The van der Waals surface area contributed by atoms with E-state index in [0.29, 0.717) is 11.7 Å². The minimum atomic E-state index is 0.163. The van der Waals surface area contributed by atoms with E-state index >= 15 is 0 Å². The van der Waals surface area contributed by atoms with E-state index in [1.807, 2.05) is 38.1 Å². The van der Waals surface area contributed by atoms with Crippen LogP contribution in [0.2, 0.25) is 0 Å². The molecule has 0 atom stereocenters. The number of nitrogens with one attached hydrogen (secondary N) is 2. The second kappa shape index (κ2) is 6.91. The molecule has 0 radical (unpaired) electrons. The monoisotopic (exact) mass is 250 g/mol. The molecule has 3 nitrogen and oxygen atoms in total. The van der Waals surface area contributed by atoms with Gasteiger partial charge in [-0.25, -0.2) is 0 Å². The normalized spacial score (nSPS) is 9.82. The second-order valence-electron chi connectivity index (χ2n) is 3.82. The van der Waals surface area contributed by atoms with Crippen molar-refractivity contribution in [1.82, 2.24) is 5.32 Å². The lowest BCUT2D eigenvalue weighted by Gasteiger charge is -2.12. The van der Waals surface area contributed by atoms with E-state index in [1.165, 1.54) is 0 Å². The molecule has 0 unspecified atom stereocenters. The highest BCUT2D eigenvalue weighted by Crippen LogP contribution is 2.18. The van der Waals surface area contributed by atoms with Crippen LogP contribution in [0, 0.1) is 0 Å². The minimum Gasteiger partial charge on any atom is -0.491 e. The lowest BCUT2D eigenvalue weighted by molar-refractivity contribution is 0.242. The van der Waals surface area contributed by atoms with Gasteiger partial charge in [-0.1, -0.05) is 12.1 Å². The molecular weight excluding hydrogens is 232 g/mol. The van der Waals surface area contributed by atoms with Crippen molar-refractivity contribution in [2.24, 2.45) is 0 Å². The van der Waals surface area contributed by atoms with Crippen molar-refractivity contribution in [3.05, 3.63) is 36.9 Å². The first-order valence-electron chi connectivity index (χ1n) is 5.54. The molecule has 0 aromatic heterocycles. The quantitative estimate of drug-likeness (QED) is 0.622. The molecule has 1 aromatic rings. The maximum absolute atomic E-state index is 5.60. The predicted molar refractivity (Wildman–Crippen MR) is 76.6 cm³/mol. The summed E-state index contributed by atoms with van der Waals surface area (Å²) in [5.74, 6) is 0.830. The summed E-state index contributed by atoms with van der Waals surface area (Å²) in [6, 6.07) is 7.71. The highest BCUT2D eigenvalue weighted by molar-refractivity contribution is 7.80. The summed E-state index contributed by atoms with van der Waals surface area (Å²) in [4.78, 5) is 0. The van der Waals surface area contributed by atoms with Crippen molar-refractivity contribution < 1.29 is 4.74 Å². The Labute approximate surface area is 108 Å². The first-order valence-corrected chi connectivity index (χ1v) is 5.95. The Morgan fingerprint density at radius 3 is 2.94 bits per heavy atom. The van der Waals surface area contributed by atoms with Gasteiger partial charge in [-0.05, 0) is 38.2 Å². The largest absolute Gasteiger partial charge is 0.491 e. The fraction of sp³-hybridized carbons (Fsp3) is 0.308. The van der Waals surface area contributed by atoms with Crippen molar-refractivity contribution in [2.45, 2.75) is 20.0 Å². The Morgan fingerprint density at radius 2 is 2.29 bits per heavy atom. The molecular formula is C13H18N2OS. The van der Waals surface area contributed by atoms with Gasteiger partial charge in [0.05, 0.1) is 6.10 Å². The maximum atomic E-state index is 5.60. The summed E-state index contributed by atoms with van der Waals surface area (Å²) >= 11 is 5.12. The van der Waals surface area contributed by atoms with Crippen molar-refractivity contribution >= 4 is 23.0 Å². The molecule has 0 fully saturated rings. The summed E-state index contributed by atoms with van der Waals surface area (Å²) in [7, 11) is 0. The van der Waals surface area contributed by atoms with Crippen LogP contribution in [0.3, 0.4) is 0 Å². The van der Waals surface area contributed by atoms with Crippen LogP contribution >= 0.6 is 12.2 Å². The van der Waals surface area contributed by atoms with Crippen molar-refractivity contribution in [3.63, 3.8) is 0 Å². The zero-order chi connectivity index (χ0) is 12.7. The highest BCUT2D eigenvalue weighted by Gasteiger charge is 2.00. The number of hydrogen-bond donors (Lipinski definition) is 2. The van der Waals surface area contributed by atoms with E-state index in [0.717, 1.165) is 11.4 Å². The molecule has 0 aliphatic carbocycles. The maximum Gasteiger partial charge on any atom is 0.171 e. The summed E-state index contributed by atoms with van der Waals surface area (Å²) in [5.41, 5.74) is 0.907. The molecule has 0 heterocycles. The fourth-order valence-electron chi connectivity index (χ4n) is 1.26. The number of rotatable bonds is 5. The summed E-state index contributed by atoms with van der Waals surface area (Å²) in [6.07, 6.45) is 1.92. The molecule has 2 N–H and O–H groups in total. The number of anilines is 1. The standard InChI is InChI=1S/C13H18N2OS/c1-4-8-14-13(17)15-11-6-5-7-12(9-11)16-10(2)3/h4-7,9-10H,1,8H2,2-3H3,(H2,14,15,17). The molecule has 0 aliphatic rings. The summed E-state index contributed by atoms with van der Waals surface area (Å²) in [6.45, 7) is 8.26. The Balaban J connectivity index is 2.58. The van der Waals surface area contributed by atoms with E-state index in [2.05, 4.69) is 17.2 Å². The van der Waals surface area contributed by atoms with Crippen molar-refractivity contribution in [1.29, 1.82) is 0 Å². The SMILES string of the molecule is C=CCNC(=S)Nc1cccc(OC(C)C)c1. The molecule has 0 aliphatic heterocycles. The Kier molecular flexibility index (Phi) is 5.49. The third-order valence-corrected chi connectivity index (χ3v) is 2.12. The van der Waals surface area contributed by atoms with Crippen LogP contribution in [0.15, 0.2) is 36.9 Å². The Hall–Kier alpha value is -1.55. The van der Waals surface area contributed by atoms with Gasteiger partial charge in [-0.2, -0.15) is 0 Å². The van der Waals surface area contributed by atoms with Crippen LogP contribution in [-0.4, -0.2) is 17.8 Å². The molecule has 1 aromatic carbocycles. The lowest BCUT2D eigenvalue weighted by Crippen LogP contribution is -2.28. The van der Waals surface area contributed by atoms with Gasteiger partial charge in [0.15, 0.2) is 5.11 Å². The van der Waals surface area contributed by atoms with Gasteiger partial charge in [0, 0.05) is 18.3 Å². The zero-order valence-electron chi connectivity index (χ0n) is 10.2. The van der Waals surface area contributed by atoms with Crippen LogP contribution < -0.4 is 15.4 Å². The smallest absolute Gasteiger partial charge is 0.171 e. The molecule has 0 spiro atoms. The van der Waals surface area contributed by atoms with Crippen LogP contribution in [0.5, 0.6) is 5.75 Å². The average molecular weight is 250 g/mol. The third kappa shape index (κ3) is 5.36. The zero-order valence-corrected chi connectivity index (χ0v) is 11.0. The highest BCUT2D eigenvalue weighted by atomic mass is 32.1. The molecule has 0 amide bonds. The number of thiocarbonyl (C=S) groups is 1. The van der Waals surface area contributed by atoms with Gasteiger partial charge < -0.3 is 15.4 Å². The molecule has 0 bridgehead atoms. The Morgan fingerprint density at radius 1 is 1.53 bits per heavy atom. The molecule has 4 heteroatoms. The number of benzene rings is 1. The lowest BCUT2D eigenvalue weighted by atomic mass is 10.3. The van der Waals surface area contributed by atoms with Gasteiger partial charge >= 0.3 is 0 Å². The Bertz CT molecular complexity index is 391. The van der Waals surface area contributed by atoms with Crippen LogP contribution in [0.1, 0.15) is 13.8 Å². The average Bonchev–Trinajstić information content (AvgIpc) is 2.26. The van der Waals surface area contributed by atoms with E-state index in [9.17, 15) is 0 Å². The first kappa shape index (κ1) is 13.5. The van der Waals surface area contributed by atoms with Crippen molar-refractivity contribution in [2.75, 3.05) is 11.9 Å². The van der Waals surface area contributed by atoms with Gasteiger partial charge in [0.25, 0.3) is 0 Å². The molecule has 1 rings (SSSR count).